The van der Waals surface area contributed by atoms with Gasteiger partial charge in [-0.2, -0.15) is 0 Å². The lowest BCUT2D eigenvalue weighted by atomic mass is 9.96. The van der Waals surface area contributed by atoms with E-state index in [2.05, 4.69) is 31.2 Å². The Morgan fingerprint density at radius 3 is 2.24 bits per heavy atom. The molecule has 110 valence electrons. The molecule has 0 bridgehead atoms. The SMILES string of the molecule is Cc1ccc(-c2ccc(C(C)(C)N)c(=O)n2C2CC2)cc1. The Balaban J connectivity index is 2.20. The van der Waals surface area contributed by atoms with E-state index in [1.165, 1.54) is 5.56 Å². The van der Waals surface area contributed by atoms with Gasteiger partial charge < -0.3 is 10.3 Å². The maximum atomic E-state index is 12.8. The summed E-state index contributed by atoms with van der Waals surface area (Å²) in [6.07, 6.45) is 2.15. The highest BCUT2D eigenvalue weighted by Crippen LogP contribution is 2.37. The maximum Gasteiger partial charge on any atom is 0.256 e. The second-order valence-corrected chi connectivity index (χ2v) is 6.63. The Bertz CT molecular complexity index is 716. The third-order valence-corrected chi connectivity index (χ3v) is 4.07. The molecular formula is C18H22N2O. The van der Waals surface area contributed by atoms with Crippen molar-refractivity contribution in [2.45, 2.75) is 45.2 Å². The van der Waals surface area contributed by atoms with Crippen LogP contribution >= 0.6 is 0 Å². The summed E-state index contributed by atoms with van der Waals surface area (Å²) >= 11 is 0. The van der Waals surface area contributed by atoms with Gasteiger partial charge in [-0.15, -0.1) is 0 Å². The molecule has 0 spiro atoms. The van der Waals surface area contributed by atoms with Crippen molar-refractivity contribution in [2.24, 2.45) is 5.73 Å². The fourth-order valence-corrected chi connectivity index (χ4v) is 2.70. The molecule has 21 heavy (non-hydrogen) atoms. The average Bonchev–Trinajstić information content (AvgIpc) is 3.22. The molecule has 2 N–H and O–H groups in total. The van der Waals surface area contributed by atoms with Crippen molar-refractivity contribution in [3.8, 4) is 11.3 Å². The minimum absolute atomic E-state index is 0.0584. The van der Waals surface area contributed by atoms with E-state index in [-0.39, 0.29) is 5.56 Å². The lowest BCUT2D eigenvalue weighted by Crippen LogP contribution is -2.38. The van der Waals surface area contributed by atoms with Crippen LogP contribution in [0.25, 0.3) is 11.3 Å². The normalized spacial score (nSPS) is 15.2. The third-order valence-electron chi connectivity index (χ3n) is 4.07. The van der Waals surface area contributed by atoms with Crippen molar-refractivity contribution in [1.29, 1.82) is 0 Å². The lowest BCUT2D eigenvalue weighted by molar-refractivity contribution is 0.535. The topological polar surface area (TPSA) is 48.0 Å². The Kier molecular flexibility index (Phi) is 3.25. The molecule has 0 aliphatic heterocycles. The number of hydrogen-bond donors (Lipinski definition) is 1. The van der Waals surface area contributed by atoms with Gasteiger partial charge in [0, 0.05) is 17.1 Å². The summed E-state index contributed by atoms with van der Waals surface area (Å²) in [4.78, 5) is 12.8. The Hall–Kier alpha value is -1.87. The summed E-state index contributed by atoms with van der Waals surface area (Å²) in [5.74, 6) is 0. The van der Waals surface area contributed by atoms with Gasteiger partial charge in [0.25, 0.3) is 5.56 Å². The number of nitrogens with two attached hydrogens (primary N) is 1. The second-order valence-electron chi connectivity index (χ2n) is 6.63. The first-order valence-electron chi connectivity index (χ1n) is 7.50. The first-order valence-corrected chi connectivity index (χ1v) is 7.50. The van der Waals surface area contributed by atoms with Crippen molar-refractivity contribution in [2.75, 3.05) is 0 Å². The van der Waals surface area contributed by atoms with Gasteiger partial charge in [-0.3, -0.25) is 4.79 Å². The number of pyridine rings is 1. The monoisotopic (exact) mass is 282 g/mol. The molecular weight excluding hydrogens is 260 g/mol. The molecule has 0 amide bonds. The maximum absolute atomic E-state index is 12.8. The van der Waals surface area contributed by atoms with Gasteiger partial charge in [-0.05, 0) is 51.3 Å². The molecule has 0 saturated heterocycles. The van der Waals surface area contributed by atoms with Crippen LogP contribution in [0.2, 0.25) is 0 Å². The fourth-order valence-electron chi connectivity index (χ4n) is 2.70. The number of aromatic nitrogens is 1. The molecule has 1 saturated carbocycles. The molecule has 2 aromatic rings. The highest BCUT2D eigenvalue weighted by molar-refractivity contribution is 5.61. The molecule has 0 radical (unpaired) electrons. The minimum atomic E-state index is -0.612. The summed E-state index contributed by atoms with van der Waals surface area (Å²) in [5, 5.41) is 0. The van der Waals surface area contributed by atoms with Gasteiger partial charge in [-0.25, -0.2) is 0 Å². The fraction of sp³-hybridized carbons (Fsp3) is 0.389. The predicted molar refractivity (Wildman–Crippen MR) is 86.4 cm³/mol. The van der Waals surface area contributed by atoms with E-state index in [1.54, 1.807) is 0 Å². The summed E-state index contributed by atoms with van der Waals surface area (Å²) in [7, 11) is 0. The van der Waals surface area contributed by atoms with E-state index < -0.39 is 5.54 Å². The van der Waals surface area contributed by atoms with E-state index in [0.29, 0.717) is 11.6 Å². The average molecular weight is 282 g/mol. The Morgan fingerprint density at radius 2 is 1.71 bits per heavy atom. The molecule has 1 aliphatic carbocycles. The molecule has 1 aromatic heterocycles. The van der Waals surface area contributed by atoms with E-state index >= 15 is 0 Å². The number of rotatable bonds is 3. The van der Waals surface area contributed by atoms with E-state index in [1.807, 2.05) is 30.5 Å². The van der Waals surface area contributed by atoms with Crippen molar-refractivity contribution < 1.29 is 0 Å². The summed E-state index contributed by atoms with van der Waals surface area (Å²) in [6.45, 7) is 5.83. The van der Waals surface area contributed by atoms with Crippen molar-refractivity contribution >= 4 is 0 Å². The number of benzene rings is 1. The van der Waals surface area contributed by atoms with Crippen LogP contribution in [0.1, 0.15) is 43.9 Å². The summed E-state index contributed by atoms with van der Waals surface area (Å²) in [5.41, 5.74) is 9.58. The van der Waals surface area contributed by atoms with Crippen LogP contribution in [0.3, 0.4) is 0 Å². The molecule has 1 aliphatic rings. The standard InChI is InChI=1S/C18H22N2O/c1-12-4-6-13(7-5-12)16-11-10-15(18(2,3)19)17(21)20(16)14-8-9-14/h4-7,10-11,14H,8-9,19H2,1-3H3. The molecule has 1 aromatic carbocycles. The van der Waals surface area contributed by atoms with Crippen molar-refractivity contribution in [1.82, 2.24) is 4.57 Å². The smallest absolute Gasteiger partial charge is 0.256 e. The highest BCUT2D eigenvalue weighted by Gasteiger charge is 2.30. The van der Waals surface area contributed by atoms with Gasteiger partial charge in [0.2, 0.25) is 0 Å². The molecule has 1 fully saturated rings. The van der Waals surface area contributed by atoms with Gasteiger partial charge in [0.05, 0.1) is 5.69 Å². The number of hydrogen-bond acceptors (Lipinski definition) is 2. The Morgan fingerprint density at radius 1 is 1.10 bits per heavy atom. The van der Waals surface area contributed by atoms with Gasteiger partial charge in [0.1, 0.15) is 0 Å². The van der Waals surface area contributed by atoms with Crippen LogP contribution in [0.15, 0.2) is 41.2 Å². The zero-order valence-corrected chi connectivity index (χ0v) is 12.9. The zero-order chi connectivity index (χ0) is 15.2. The highest BCUT2D eigenvalue weighted by atomic mass is 16.1. The van der Waals surface area contributed by atoms with E-state index in [9.17, 15) is 4.79 Å². The minimum Gasteiger partial charge on any atom is -0.322 e. The molecule has 3 rings (SSSR count). The van der Waals surface area contributed by atoms with Crippen molar-refractivity contribution in [3.63, 3.8) is 0 Å². The summed E-state index contributed by atoms with van der Waals surface area (Å²) < 4.78 is 1.94. The van der Waals surface area contributed by atoms with E-state index in [4.69, 9.17) is 5.73 Å². The molecule has 1 heterocycles. The van der Waals surface area contributed by atoms with Crippen LogP contribution in [0, 0.1) is 6.92 Å². The number of nitrogens with zero attached hydrogens (tertiary/aromatic N) is 1. The van der Waals surface area contributed by atoms with Crippen LogP contribution in [-0.2, 0) is 5.54 Å². The first kappa shape index (κ1) is 14.1. The molecule has 0 atom stereocenters. The molecule has 0 unspecified atom stereocenters. The molecule has 3 heteroatoms. The largest absolute Gasteiger partial charge is 0.322 e. The van der Waals surface area contributed by atoms with E-state index in [0.717, 1.165) is 24.1 Å². The van der Waals surface area contributed by atoms with Gasteiger partial charge in [0.15, 0.2) is 0 Å². The Labute approximate surface area is 125 Å². The van der Waals surface area contributed by atoms with Crippen LogP contribution in [0.4, 0.5) is 0 Å². The van der Waals surface area contributed by atoms with Crippen LogP contribution in [-0.4, -0.2) is 4.57 Å². The van der Waals surface area contributed by atoms with Crippen LogP contribution < -0.4 is 11.3 Å². The van der Waals surface area contributed by atoms with Gasteiger partial charge in [-0.1, -0.05) is 29.8 Å². The third kappa shape index (κ3) is 2.66. The predicted octanol–water partition coefficient (Wildman–Crippen LogP) is 3.35. The number of aryl methyl sites for hydroxylation is 1. The van der Waals surface area contributed by atoms with Crippen molar-refractivity contribution in [3.05, 3.63) is 57.9 Å². The molecule has 3 nitrogen and oxygen atoms in total. The second kappa shape index (κ2) is 4.85. The first-order chi connectivity index (χ1) is 9.88. The lowest BCUT2D eigenvalue weighted by Gasteiger charge is -2.22. The zero-order valence-electron chi connectivity index (χ0n) is 12.9. The quantitative estimate of drug-likeness (QED) is 0.938. The van der Waals surface area contributed by atoms with Gasteiger partial charge >= 0.3 is 0 Å². The summed E-state index contributed by atoms with van der Waals surface area (Å²) in [6, 6.07) is 12.6. The van der Waals surface area contributed by atoms with Crippen LogP contribution in [0.5, 0.6) is 0 Å².